The Balaban J connectivity index is 1.37. The van der Waals surface area contributed by atoms with E-state index in [1.54, 1.807) is 32.4 Å². The van der Waals surface area contributed by atoms with Gasteiger partial charge in [-0.05, 0) is 37.1 Å². The first-order valence-electron chi connectivity index (χ1n) is 11.1. The number of methoxy groups -OCH3 is 2. The van der Waals surface area contributed by atoms with Gasteiger partial charge in [0.1, 0.15) is 11.5 Å². The predicted octanol–water partition coefficient (Wildman–Crippen LogP) is 5.19. The maximum absolute atomic E-state index is 12.4. The molecule has 1 aliphatic heterocycles. The van der Waals surface area contributed by atoms with Gasteiger partial charge in [-0.1, -0.05) is 25.0 Å². The van der Waals surface area contributed by atoms with E-state index in [1.807, 2.05) is 36.4 Å². The SMILES string of the molecule is COc1cc(NC(=O)Nc2ccc(-c3ccc(N4CCCCCC4)nn3)cc2)cc(OC)c1. The molecule has 2 N–H and O–H groups in total. The van der Waals surface area contributed by atoms with Gasteiger partial charge in [0.15, 0.2) is 5.82 Å². The molecule has 2 heterocycles. The average Bonchev–Trinajstić information content (AvgIpc) is 3.14. The Morgan fingerprint density at radius 2 is 1.42 bits per heavy atom. The van der Waals surface area contributed by atoms with Crippen LogP contribution in [0.5, 0.6) is 11.5 Å². The molecule has 8 heteroatoms. The van der Waals surface area contributed by atoms with Crippen LogP contribution in [-0.4, -0.2) is 43.5 Å². The quantitative estimate of drug-likeness (QED) is 0.541. The smallest absolute Gasteiger partial charge is 0.323 e. The van der Waals surface area contributed by atoms with Crippen LogP contribution in [0, 0.1) is 0 Å². The van der Waals surface area contributed by atoms with Gasteiger partial charge < -0.3 is 25.0 Å². The molecule has 4 rings (SSSR count). The minimum absolute atomic E-state index is 0.361. The van der Waals surface area contributed by atoms with Crippen molar-refractivity contribution in [2.75, 3.05) is 42.8 Å². The third-order valence-electron chi connectivity index (χ3n) is 5.63. The first-order valence-corrected chi connectivity index (χ1v) is 11.1. The highest BCUT2D eigenvalue weighted by Gasteiger charge is 2.12. The summed E-state index contributed by atoms with van der Waals surface area (Å²) < 4.78 is 10.5. The topological polar surface area (TPSA) is 88.6 Å². The van der Waals surface area contributed by atoms with E-state index in [0.717, 1.165) is 30.2 Å². The number of urea groups is 1. The van der Waals surface area contributed by atoms with E-state index in [-0.39, 0.29) is 6.03 Å². The fraction of sp³-hybridized carbons (Fsp3) is 0.320. The summed E-state index contributed by atoms with van der Waals surface area (Å²) in [5.74, 6) is 2.12. The highest BCUT2D eigenvalue weighted by atomic mass is 16.5. The number of hydrogen-bond acceptors (Lipinski definition) is 6. The van der Waals surface area contributed by atoms with Crippen LogP contribution in [0.4, 0.5) is 22.0 Å². The number of ether oxygens (including phenoxy) is 2. The second-order valence-corrected chi connectivity index (χ2v) is 7.94. The van der Waals surface area contributed by atoms with Crippen molar-refractivity contribution >= 4 is 23.2 Å². The summed E-state index contributed by atoms with van der Waals surface area (Å²) in [6, 6.07) is 16.4. The molecule has 1 aromatic heterocycles. The van der Waals surface area contributed by atoms with E-state index < -0.39 is 0 Å². The molecule has 2 amide bonds. The summed E-state index contributed by atoms with van der Waals surface area (Å²) in [6.45, 7) is 2.08. The summed E-state index contributed by atoms with van der Waals surface area (Å²) in [7, 11) is 3.13. The third-order valence-corrected chi connectivity index (χ3v) is 5.63. The van der Waals surface area contributed by atoms with Crippen LogP contribution in [0.25, 0.3) is 11.3 Å². The monoisotopic (exact) mass is 447 g/mol. The molecule has 0 spiro atoms. The zero-order valence-electron chi connectivity index (χ0n) is 19.0. The predicted molar refractivity (Wildman–Crippen MR) is 130 cm³/mol. The molecule has 1 aliphatic rings. The number of anilines is 3. The zero-order chi connectivity index (χ0) is 23.0. The summed E-state index contributed by atoms with van der Waals surface area (Å²) >= 11 is 0. The lowest BCUT2D eigenvalue weighted by molar-refractivity contribution is 0.262. The van der Waals surface area contributed by atoms with Gasteiger partial charge in [0.25, 0.3) is 0 Å². The minimum Gasteiger partial charge on any atom is -0.497 e. The summed E-state index contributed by atoms with van der Waals surface area (Å²) in [6.07, 6.45) is 4.98. The molecule has 2 aromatic carbocycles. The minimum atomic E-state index is -0.361. The van der Waals surface area contributed by atoms with Crippen LogP contribution in [0.1, 0.15) is 25.7 Å². The number of aromatic nitrogens is 2. The number of hydrogen-bond donors (Lipinski definition) is 2. The number of nitrogens with zero attached hydrogens (tertiary/aromatic N) is 3. The molecule has 172 valence electrons. The van der Waals surface area contributed by atoms with Crippen molar-refractivity contribution in [3.8, 4) is 22.8 Å². The van der Waals surface area contributed by atoms with Crippen molar-refractivity contribution in [3.05, 3.63) is 54.6 Å². The van der Waals surface area contributed by atoms with Gasteiger partial charge in [0, 0.05) is 48.2 Å². The van der Waals surface area contributed by atoms with Crippen LogP contribution in [0.2, 0.25) is 0 Å². The van der Waals surface area contributed by atoms with Gasteiger partial charge in [-0.25, -0.2) is 4.79 Å². The standard InChI is InChI=1S/C25H29N5O3/c1-32-21-15-20(16-22(17-21)33-2)27-25(31)26-19-9-7-18(8-10-19)23-11-12-24(29-28-23)30-13-5-3-4-6-14-30/h7-12,15-17H,3-6,13-14H2,1-2H3,(H2,26,27,31). The highest BCUT2D eigenvalue weighted by molar-refractivity contribution is 6.00. The molecule has 0 radical (unpaired) electrons. The molecular formula is C25H29N5O3. The molecule has 0 aliphatic carbocycles. The Hall–Kier alpha value is -3.81. The van der Waals surface area contributed by atoms with Crippen molar-refractivity contribution < 1.29 is 14.3 Å². The summed E-state index contributed by atoms with van der Waals surface area (Å²) in [4.78, 5) is 14.7. The van der Waals surface area contributed by atoms with E-state index in [2.05, 4.69) is 25.7 Å². The van der Waals surface area contributed by atoms with Gasteiger partial charge in [-0.3, -0.25) is 0 Å². The van der Waals surface area contributed by atoms with E-state index in [4.69, 9.17) is 9.47 Å². The van der Waals surface area contributed by atoms with Gasteiger partial charge in [0.2, 0.25) is 0 Å². The van der Waals surface area contributed by atoms with Crippen molar-refractivity contribution in [1.29, 1.82) is 0 Å². The largest absolute Gasteiger partial charge is 0.497 e. The lowest BCUT2D eigenvalue weighted by atomic mass is 10.1. The molecule has 3 aromatic rings. The summed E-state index contributed by atoms with van der Waals surface area (Å²) in [5.41, 5.74) is 2.97. The van der Waals surface area contributed by atoms with Crippen LogP contribution in [0.3, 0.4) is 0 Å². The molecule has 1 saturated heterocycles. The van der Waals surface area contributed by atoms with E-state index in [0.29, 0.717) is 22.9 Å². The maximum Gasteiger partial charge on any atom is 0.323 e. The Bertz CT molecular complexity index is 1040. The molecule has 0 bridgehead atoms. The first kappa shape index (κ1) is 22.4. The number of carbonyl (C=O) groups is 1. The number of amides is 2. The molecule has 0 atom stereocenters. The molecule has 8 nitrogen and oxygen atoms in total. The van der Waals surface area contributed by atoms with Gasteiger partial charge in [0.05, 0.1) is 19.9 Å². The first-order chi connectivity index (χ1) is 16.1. The molecule has 0 unspecified atom stereocenters. The Morgan fingerprint density at radius 1 is 0.788 bits per heavy atom. The fourth-order valence-electron chi connectivity index (χ4n) is 3.84. The van der Waals surface area contributed by atoms with Crippen LogP contribution < -0.4 is 25.0 Å². The third kappa shape index (κ3) is 5.91. The molecular weight excluding hydrogens is 418 g/mol. The van der Waals surface area contributed by atoms with Crippen LogP contribution in [-0.2, 0) is 0 Å². The van der Waals surface area contributed by atoms with Gasteiger partial charge in [-0.15, -0.1) is 10.2 Å². The van der Waals surface area contributed by atoms with Crippen LogP contribution >= 0.6 is 0 Å². The summed E-state index contributed by atoms with van der Waals surface area (Å²) in [5, 5.41) is 14.5. The number of nitrogens with one attached hydrogen (secondary N) is 2. The lowest BCUT2D eigenvalue weighted by Crippen LogP contribution is -2.25. The van der Waals surface area contributed by atoms with E-state index >= 15 is 0 Å². The van der Waals surface area contributed by atoms with Crippen molar-refractivity contribution in [1.82, 2.24) is 10.2 Å². The zero-order valence-corrected chi connectivity index (χ0v) is 19.0. The van der Waals surface area contributed by atoms with Gasteiger partial charge in [-0.2, -0.15) is 0 Å². The molecule has 33 heavy (non-hydrogen) atoms. The van der Waals surface area contributed by atoms with Crippen molar-refractivity contribution in [3.63, 3.8) is 0 Å². The fourth-order valence-corrected chi connectivity index (χ4v) is 3.84. The Labute approximate surface area is 193 Å². The Kier molecular flexibility index (Phi) is 7.24. The van der Waals surface area contributed by atoms with E-state index in [1.165, 1.54) is 25.7 Å². The lowest BCUT2D eigenvalue weighted by Gasteiger charge is -2.20. The average molecular weight is 448 g/mol. The highest BCUT2D eigenvalue weighted by Crippen LogP contribution is 2.26. The second-order valence-electron chi connectivity index (χ2n) is 7.94. The van der Waals surface area contributed by atoms with Crippen molar-refractivity contribution in [2.45, 2.75) is 25.7 Å². The normalized spacial score (nSPS) is 13.7. The van der Waals surface area contributed by atoms with Crippen LogP contribution in [0.15, 0.2) is 54.6 Å². The van der Waals surface area contributed by atoms with Crippen molar-refractivity contribution in [2.24, 2.45) is 0 Å². The number of benzene rings is 2. The molecule has 0 saturated carbocycles. The second kappa shape index (κ2) is 10.7. The van der Waals surface area contributed by atoms with E-state index in [9.17, 15) is 4.79 Å². The maximum atomic E-state index is 12.4. The number of carbonyl (C=O) groups excluding carboxylic acids is 1. The number of rotatable bonds is 6. The van der Waals surface area contributed by atoms with Gasteiger partial charge >= 0.3 is 6.03 Å². The molecule has 1 fully saturated rings. The Morgan fingerprint density at radius 3 is 2.00 bits per heavy atom.